The second-order valence-electron chi connectivity index (χ2n) is 6.42. The van der Waals surface area contributed by atoms with Crippen molar-refractivity contribution in [2.75, 3.05) is 40.1 Å². The third-order valence-electron chi connectivity index (χ3n) is 4.78. The highest BCUT2D eigenvalue weighted by Crippen LogP contribution is 2.37. The number of hydrogen-bond donors (Lipinski definition) is 2. The van der Waals surface area contributed by atoms with Crippen molar-refractivity contribution in [1.29, 1.82) is 0 Å². The highest BCUT2D eigenvalue weighted by molar-refractivity contribution is 5.94. The molecule has 1 aromatic carbocycles. The Morgan fingerprint density at radius 1 is 1.44 bits per heavy atom. The third kappa shape index (κ3) is 3.08. The van der Waals surface area contributed by atoms with Crippen molar-refractivity contribution < 1.29 is 29.0 Å². The summed E-state index contributed by atoms with van der Waals surface area (Å²) in [7, 11) is 1.57. The Morgan fingerprint density at radius 3 is 2.80 bits per heavy atom. The van der Waals surface area contributed by atoms with E-state index in [2.05, 4.69) is 0 Å². The van der Waals surface area contributed by atoms with Gasteiger partial charge in [-0.1, -0.05) is 6.07 Å². The van der Waals surface area contributed by atoms with Gasteiger partial charge in [-0.2, -0.15) is 0 Å². The lowest BCUT2D eigenvalue weighted by Crippen LogP contribution is -2.58. The Morgan fingerprint density at radius 2 is 2.20 bits per heavy atom. The lowest BCUT2D eigenvalue weighted by atomic mass is 9.84. The molecule has 8 heteroatoms. The van der Waals surface area contributed by atoms with Crippen molar-refractivity contribution in [1.82, 2.24) is 10.4 Å². The van der Waals surface area contributed by atoms with Gasteiger partial charge >= 0.3 is 0 Å². The number of fused-ring (bicyclic) bond motifs is 1. The average Bonchev–Trinajstić information content (AvgIpc) is 2.75. The molecule has 0 radical (unpaired) electrons. The van der Waals surface area contributed by atoms with E-state index >= 15 is 0 Å². The largest absolute Gasteiger partial charge is 0.491 e. The summed E-state index contributed by atoms with van der Waals surface area (Å²) in [4.78, 5) is 26.5. The van der Waals surface area contributed by atoms with Gasteiger partial charge in [-0.15, -0.1) is 0 Å². The molecule has 1 unspecified atom stereocenters. The lowest BCUT2D eigenvalue weighted by molar-refractivity contribution is -0.184. The van der Waals surface area contributed by atoms with Crippen molar-refractivity contribution >= 4 is 11.8 Å². The van der Waals surface area contributed by atoms with E-state index in [1.54, 1.807) is 35.7 Å². The number of carbonyl (C=O) groups excluding carboxylic acids is 2. The number of rotatable bonds is 4. The van der Waals surface area contributed by atoms with Crippen LogP contribution in [0.25, 0.3) is 0 Å². The Hall–Kier alpha value is -2.16. The minimum absolute atomic E-state index is 0.0123. The first kappa shape index (κ1) is 17.7. The molecule has 3 rings (SSSR count). The predicted molar refractivity (Wildman–Crippen MR) is 86.4 cm³/mol. The van der Waals surface area contributed by atoms with E-state index in [4.69, 9.17) is 19.4 Å². The van der Waals surface area contributed by atoms with Gasteiger partial charge in [-0.25, -0.2) is 5.48 Å². The van der Waals surface area contributed by atoms with Crippen LogP contribution in [-0.4, -0.2) is 62.0 Å². The molecule has 136 valence electrons. The Bertz CT molecular complexity index is 673. The minimum Gasteiger partial charge on any atom is -0.491 e. The molecule has 2 amide bonds. The van der Waals surface area contributed by atoms with Gasteiger partial charge in [0.2, 0.25) is 5.91 Å². The molecule has 25 heavy (non-hydrogen) atoms. The highest BCUT2D eigenvalue weighted by atomic mass is 16.5. The number of methoxy groups -OCH3 is 1. The van der Waals surface area contributed by atoms with E-state index in [1.165, 1.54) is 0 Å². The molecule has 2 aliphatic rings. The maximum atomic E-state index is 13.1. The van der Waals surface area contributed by atoms with Gasteiger partial charge in [0.15, 0.2) is 0 Å². The summed E-state index contributed by atoms with van der Waals surface area (Å²) in [6, 6.07) is 4.69. The van der Waals surface area contributed by atoms with E-state index in [1.807, 2.05) is 6.92 Å². The SMILES string of the molecule is COCC1(C(=O)N2CCOc3cc(C(=O)NO)ccc3C2C)COC1. The van der Waals surface area contributed by atoms with Crippen LogP contribution in [0.4, 0.5) is 0 Å². The van der Waals surface area contributed by atoms with Crippen molar-refractivity contribution in [3.63, 3.8) is 0 Å². The normalized spacial score (nSPS) is 21.4. The number of benzene rings is 1. The van der Waals surface area contributed by atoms with Crippen LogP contribution < -0.4 is 10.2 Å². The van der Waals surface area contributed by atoms with E-state index in [9.17, 15) is 9.59 Å². The molecule has 2 aliphatic heterocycles. The number of amides is 2. The minimum atomic E-state index is -0.635. The molecule has 0 bridgehead atoms. The number of hydroxylamine groups is 1. The zero-order chi connectivity index (χ0) is 18.0. The van der Waals surface area contributed by atoms with Gasteiger partial charge in [-0.05, 0) is 19.1 Å². The fourth-order valence-electron chi connectivity index (χ4n) is 3.30. The average molecular weight is 350 g/mol. The van der Waals surface area contributed by atoms with E-state index in [0.29, 0.717) is 38.7 Å². The highest BCUT2D eigenvalue weighted by Gasteiger charge is 2.49. The summed E-state index contributed by atoms with van der Waals surface area (Å²) in [5, 5.41) is 8.77. The van der Waals surface area contributed by atoms with Crippen LogP contribution in [-0.2, 0) is 14.3 Å². The van der Waals surface area contributed by atoms with Crippen LogP contribution in [0.3, 0.4) is 0 Å². The number of carbonyl (C=O) groups is 2. The van der Waals surface area contributed by atoms with Crippen LogP contribution in [0.1, 0.15) is 28.9 Å². The molecule has 2 N–H and O–H groups in total. The molecular formula is C17H22N2O6. The number of hydrogen-bond acceptors (Lipinski definition) is 6. The summed E-state index contributed by atoms with van der Waals surface area (Å²) >= 11 is 0. The number of nitrogens with one attached hydrogen (secondary N) is 1. The standard InChI is InChI=1S/C17H22N2O6/c1-11-13-4-3-12(15(20)18-22)7-14(13)25-6-5-19(11)16(21)17(8-23-2)9-24-10-17/h3-4,7,11,22H,5-6,8-10H2,1-2H3,(H,18,20). The molecule has 2 heterocycles. The predicted octanol–water partition coefficient (Wildman–Crippen LogP) is 0.751. The zero-order valence-electron chi connectivity index (χ0n) is 14.3. The summed E-state index contributed by atoms with van der Waals surface area (Å²) in [5.41, 5.74) is 2.07. The summed E-state index contributed by atoms with van der Waals surface area (Å²) in [5.74, 6) is -0.0850. The number of ether oxygens (including phenoxy) is 3. The smallest absolute Gasteiger partial charge is 0.274 e. The van der Waals surface area contributed by atoms with Gasteiger partial charge in [0.1, 0.15) is 17.8 Å². The quantitative estimate of drug-likeness (QED) is 0.614. The molecule has 1 aromatic rings. The Labute approximate surface area is 145 Å². The zero-order valence-corrected chi connectivity index (χ0v) is 14.3. The molecule has 1 atom stereocenters. The second-order valence-corrected chi connectivity index (χ2v) is 6.42. The van der Waals surface area contributed by atoms with Crippen LogP contribution in [0.2, 0.25) is 0 Å². The third-order valence-corrected chi connectivity index (χ3v) is 4.78. The number of nitrogens with zero attached hydrogens (tertiary/aromatic N) is 1. The van der Waals surface area contributed by atoms with Crippen LogP contribution >= 0.6 is 0 Å². The van der Waals surface area contributed by atoms with Crippen molar-refractivity contribution in [3.8, 4) is 5.75 Å². The van der Waals surface area contributed by atoms with E-state index < -0.39 is 11.3 Å². The second kappa shape index (κ2) is 6.99. The first-order valence-electron chi connectivity index (χ1n) is 8.11. The van der Waals surface area contributed by atoms with Crippen molar-refractivity contribution in [2.24, 2.45) is 5.41 Å². The monoisotopic (exact) mass is 350 g/mol. The van der Waals surface area contributed by atoms with Crippen LogP contribution in [0.15, 0.2) is 18.2 Å². The topological polar surface area (TPSA) is 97.3 Å². The Balaban J connectivity index is 1.87. The molecule has 0 aliphatic carbocycles. The first-order chi connectivity index (χ1) is 12.0. The maximum Gasteiger partial charge on any atom is 0.274 e. The van der Waals surface area contributed by atoms with Gasteiger partial charge < -0.3 is 19.1 Å². The Kier molecular flexibility index (Phi) is 4.94. The molecule has 8 nitrogen and oxygen atoms in total. The lowest BCUT2D eigenvalue weighted by Gasteiger charge is -2.43. The van der Waals surface area contributed by atoms with Crippen molar-refractivity contribution in [3.05, 3.63) is 29.3 Å². The molecule has 1 saturated heterocycles. The van der Waals surface area contributed by atoms with Crippen LogP contribution in [0.5, 0.6) is 5.75 Å². The molecular weight excluding hydrogens is 328 g/mol. The molecule has 0 saturated carbocycles. The van der Waals surface area contributed by atoms with Gasteiger partial charge in [-0.3, -0.25) is 14.8 Å². The maximum absolute atomic E-state index is 13.1. The first-order valence-corrected chi connectivity index (χ1v) is 8.11. The van der Waals surface area contributed by atoms with Crippen molar-refractivity contribution in [2.45, 2.75) is 13.0 Å². The summed E-state index contributed by atoms with van der Waals surface area (Å²) in [6.45, 7) is 3.70. The molecule has 0 aromatic heterocycles. The molecule has 0 spiro atoms. The molecule has 1 fully saturated rings. The van der Waals surface area contributed by atoms with Gasteiger partial charge in [0.05, 0.1) is 32.4 Å². The summed E-state index contributed by atoms with van der Waals surface area (Å²) in [6.07, 6.45) is 0. The van der Waals surface area contributed by atoms with Crippen LogP contribution in [0, 0.1) is 5.41 Å². The summed E-state index contributed by atoms with van der Waals surface area (Å²) < 4.78 is 16.2. The fourth-order valence-corrected chi connectivity index (χ4v) is 3.30. The van der Waals surface area contributed by atoms with E-state index in [-0.39, 0.29) is 17.5 Å². The fraction of sp³-hybridized carbons (Fsp3) is 0.529. The van der Waals surface area contributed by atoms with Gasteiger partial charge in [0, 0.05) is 18.2 Å². The van der Waals surface area contributed by atoms with Gasteiger partial charge in [0.25, 0.3) is 5.91 Å². The van der Waals surface area contributed by atoms with E-state index in [0.717, 1.165) is 5.56 Å².